The first kappa shape index (κ1) is 29.8. The highest BCUT2D eigenvalue weighted by atomic mass is 32.1. The van der Waals surface area contributed by atoms with Gasteiger partial charge in [-0.3, -0.25) is 0 Å². The molecule has 0 radical (unpaired) electrons. The Kier molecular flexibility index (Phi) is 6.42. The molecule has 0 unspecified atom stereocenters. The van der Waals surface area contributed by atoms with E-state index in [9.17, 15) is 0 Å². The minimum absolute atomic E-state index is 1.17. The van der Waals surface area contributed by atoms with E-state index < -0.39 is 0 Å². The van der Waals surface area contributed by atoms with Gasteiger partial charge < -0.3 is 13.7 Å². The van der Waals surface area contributed by atoms with Gasteiger partial charge in [0.25, 0.3) is 0 Å². The molecule has 7 aromatic heterocycles. The van der Waals surface area contributed by atoms with E-state index in [4.69, 9.17) is 0 Å². The molecule has 3 nitrogen and oxygen atoms in total. The number of benzene rings is 5. The Bertz CT molecular complexity index is 3120. The average Bonchev–Trinajstić information content (AvgIpc) is 4.06. The van der Waals surface area contributed by atoms with E-state index in [0.717, 1.165) is 0 Å². The molecule has 53 heavy (non-hydrogen) atoms. The molecule has 0 spiro atoms. The first-order valence-corrected chi connectivity index (χ1v) is 21.0. The third-order valence-corrected chi connectivity index (χ3v) is 15.0. The van der Waals surface area contributed by atoms with Crippen molar-refractivity contribution in [1.82, 2.24) is 13.7 Å². The van der Waals surface area contributed by atoms with Gasteiger partial charge in [0.2, 0.25) is 0 Å². The SMILES string of the molecule is c1ccc(-n2c3cc(-c4cc5c(s4)c4sccc4n5-c4ccccc4)ccc3c3ccc(-c4cc5c(s4)c4sccc4n5-c4ccccc4)cc32)cc1. The number of aromatic nitrogens is 3. The van der Waals surface area contributed by atoms with Crippen LogP contribution in [0.4, 0.5) is 0 Å². The van der Waals surface area contributed by atoms with Crippen molar-refractivity contribution in [2.24, 2.45) is 0 Å². The van der Waals surface area contributed by atoms with Crippen LogP contribution in [0.2, 0.25) is 0 Å². The average molecular weight is 750 g/mol. The van der Waals surface area contributed by atoms with Crippen molar-refractivity contribution in [3.05, 3.63) is 162 Å². The first-order valence-electron chi connectivity index (χ1n) is 17.6. The Morgan fingerprint density at radius 3 is 1.13 bits per heavy atom. The van der Waals surface area contributed by atoms with Crippen LogP contribution in [0.3, 0.4) is 0 Å². The van der Waals surface area contributed by atoms with E-state index in [1.807, 2.05) is 45.3 Å². The molecule has 0 saturated carbocycles. The summed E-state index contributed by atoms with van der Waals surface area (Å²) in [6.07, 6.45) is 0. The van der Waals surface area contributed by atoms with Crippen LogP contribution < -0.4 is 0 Å². The van der Waals surface area contributed by atoms with Crippen molar-refractivity contribution in [1.29, 1.82) is 0 Å². The third-order valence-electron chi connectivity index (χ3n) is 10.5. The molecule has 250 valence electrons. The minimum Gasteiger partial charge on any atom is -0.309 e. The quantitative estimate of drug-likeness (QED) is 0.166. The summed E-state index contributed by atoms with van der Waals surface area (Å²) in [4.78, 5) is 2.57. The number of nitrogens with zero attached hydrogens (tertiary/aromatic N) is 3. The molecule has 5 aromatic carbocycles. The van der Waals surface area contributed by atoms with Crippen LogP contribution in [-0.4, -0.2) is 13.7 Å². The van der Waals surface area contributed by atoms with Crippen molar-refractivity contribution in [2.75, 3.05) is 0 Å². The molecule has 0 atom stereocenters. The van der Waals surface area contributed by atoms with Crippen molar-refractivity contribution < 1.29 is 0 Å². The highest BCUT2D eigenvalue weighted by Gasteiger charge is 2.21. The summed E-state index contributed by atoms with van der Waals surface area (Å²) in [5.41, 5.74) is 13.6. The zero-order chi connectivity index (χ0) is 34.6. The summed E-state index contributed by atoms with van der Waals surface area (Å²) in [5, 5.41) is 6.96. The first-order chi connectivity index (χ1) is 26.3. The number of para-hydroxylation sites is 3. The molecule has 12 aromatic rings. The molecule has 0 aliphatic heterocycles. The van der Waals surface area contributed by atoms with Crippen LogP contribution in [-0.2, 0) is 0 Å². The standard InChI is InChI=1S/C46H27N3S4/c1-4-10-30(11-5-1)47-35-20-22-50-43(35)45-39(47)26-41(52-45)28-16-18-33-34-19-17-29(25-38(34)49(37(33)24-28)32-14-8-3-9-15-32)42-27-40-46(53-42)44-36(21-23-51-44)48(40)31-12-6-2-7-13-31/h1-27H. The highest BCUT2D eigenvalue weighted by molar-refractivity contribution is 7.29. The Balaban J connectivity index is 1.05. The van der Waals surface area contributed by atoms with E-state index >= 15 is 0 Å². The topological polar surface area (TPSA) is 14.8 Å². The highest BCUT2D eigenvalue weighted by Crippen LogP contribution is 2.46. The second-order valence-electron chi connectivity index (χ2n) is 13.4. The van der Waals surface area contributed by atoms with Gasteiger partial charge in [0.15, 0.2) is 0 Å². The number of fused-ring (bicyclic) bond motifs is 9. The Morgan fingerprint density at radius 2 is 0.717 bits per heavy atom. The molecule has 0 bridgehead atoms. The summed E-state index contributed by atoms with van der Waals surface area (Å²) in [6, 6.07) is 55.7. The Hall–Kier alpha value is -5.70. The summed E-state index contributed by atoms with van der Waals surface area (Å²) in [5.74, 6) is 0. The fourth-order valence-electron chi connectivity index (χ4n) is 8.15. The molecule has 7 heterocycles. The van der Waals surface area contributed by atoms with Gasteiger partial charge in [-0.2, -0.15) is 0 Å². The summed E-state index contributed by atoms with van der Waals surface area (Å²) in [6.45, 7) is 0. The summed E-state index contributed by atoms with van der Waals surface area (Å²) >= 11 is 7.47. The smallest absolute Gasteiger partial charge is 0.0711 e. The second-order valence-corrected chi connectivity index (χ2v) is 17.3. The molecular formula is C46H27N3S4. The van der Waals surface area contributed by atoms with Crippen molar-refractivity contribution in [3.63, 3.8) is 0 Å². The number of rotatable bonds is 5. The molecule has 0 saturated heterocycles. The third kappa shape index (κ3) is 4.36. The van der Waals surface area contributed by atoms with E-state index in [1.165, 1.54) is 101 Å². The maximum absolute atomic E-state index is 2.46. The van der Waals surface area contributed by atoms with Gasteiger partial charge >= 0.3 is 0 Å². The van der Waals surface area contributed by atoms with Crippen molar-refractivity contribution in [3.8, 4) is 37.9 Å². The van der Waals surface area contributed by atoms with Crippen molar-refractivity contribution in [2.45, 2.75) is 0 Å². The monoisotopic (exact) mass is 749 g/mol. The van der Waals surface area contributed by atoms with E-state index in [2.05, 4.69) is 176 Å². The maximum atomic E-state index is 2.46. The lowest BCUT2D eigenvalue weighted by Gasteiger charge is -2.09. The summed E-state index contributed by atoms with van der Waals surface area (Å²) < 4.78 is 12.7. The largest absolute Gasteiger partial charge is 0.309 e. The van der Waals surface area contributed by atoms with E-state index in [-0.39, 0.29) is 0 Å². The van der Waals surface area contributed by atoms with Gasteiger partial charge in [-0.05, 0) is 94.7 Å². The van der Waals surface area contributed by atoms with Crippen LogP contribution in [0, 0.1) is 0 Å². The number of hydrogen-bond donors (Lipinski definition) is 0. The lowest BCUT2D eigenvalue weighted by Crippen LogP contribution is -1.93. The van der Waals surface area contributed by atoms with Gasteiger partial charge in [-0.15, -0.1) is 45.3 Å². The zero-order valence-electron chi connectivity index (χ0n) is 28.1. The molecular weight excluding hydrogens is 723 g/mol. The van der Waals surface area contributed by atoms with E-state index in [1.54, 1.807) is 0 Å². The van der Waals surface area contributed by atoms with Crippen LogP contribution in [0.15, 0.2) is 162 Å². The molecule has 12 rings (SSSR count). The number of hydrogen-bond acceptors (Lipinski definition) is 4. The predicted molar refractivity (Wildman–Crippen MR) is 232 cm³/mol. The summed E-state index contributed by atoms with van der Waals surface area (Å²) in [7, 11) is 0. The fraction of sp³-hybridized carbons (Fsp3) is 0. The predicted octanol–water partition coefficient (Wildman–Crippen LogP) is 14.6. The Morgan fingerprint density at radius 1 is 0.321 bits per heavy atom. The van der Waals surface area contributed by atoms with E-state index in [0.29, 0.717) is 0 Å². The molecule has 0 aliphatic rings. The second kappa shape index (κ2) is 11.4. The molecule has 0 fully saturated rings. The normalized spacial score (nSPS) is 12.2. The number of thiophene rings is 4. The molecule has 0 aliphatic carbocycles. The van der Waals surface area contributed by atoms with Crippen LogP contribution in [0.1, 0.15) is 0 Å². The maximum Gasteiger partial charge on any atom is 0.0711 e. The van der Waals surface area contributed by atoms with Gasteiger partial charge in [0.05, 0.1) is 51.9 Å². The van der Waals surface area contributed by atoms with Crippen LogP contribution in [0.25, 0.3) is 101 Å². The Labute approximate surface area is 320 Å². The minimum atomic E-state index is 1.17. The zero-order valence-corrected chi connectivity index (χ0v) is 31.3. The van der Waals surface area contributed by atoms with Gasteiger partial charge in [0, 0.05) is 37.6 Å². The molecule has 7 heteroatoms. The van der Waals surface area contributed by atoms with Gasteiger partial charge in [-0.25, -0.2) is 0 Å². The van der Waals surface area contributed by atoms with Crippen molar-refractivity contribution >= 4 is 108 Å². The molecule has 0 N–H and O–H groups in total. The lowest BCUT2D eigenvalue weighted by molar-refractivity contribution is 1.18. The lowest BCUT2D eigenvalue weighted by atomic mass is 10.1. The van der Waals surface area contributed by atoms with Crippen LogP contribution >= 0.6 is 45.3 Å². The molecule has 0 amide bonds. The van der Waals surface area contributed by atoms with Crippen LogP contribution in [0.5, 0.6) is 0 Å². The van der Waals surface area contributed by atoms with Gasteiger partial charge in [0.1, 0.15) is 0 Å². The van der Waals surface area contributed by atoms with Gasteiger partial charge in [-0.1, -0.05) is 78.9 Å². The fourth-order valence-corrected chi connectivity index (χ4v) is 12.5.